The Kier molecular flexibility index (Phi) is 6.32. The fourth-order valence-corrected chi connectivity index (χ4v) is 4.69. The largest absolute Gasteiger partial charge is 0.367 e. The molecule has 0 unspecified atom stereocenters. The molecule has 7 nitrogen and oxygen atoms in total. The third kappa shape index (κ3) is 4.67. The molecule has 0 saturated heterocycles. The van der Waals surface area contributed by atoms with Gasteiger partial charge in [-0.2, -0.15) is 0 Å². The number of hydrogen-bond acceptors (Lipinski definition) is 5. The Bertz CT molecular complexity index is 1270. The van der Waals surface area contributed by atoms with Crippen molar-refractivity contribution in [1.29, 1.82) is 0 Å². The third-order valence-electron chi connectivity index (χ3n) is 6.50. The first kappa shape index (κ1) is 23.1. The van der Waals surface area contributed by atoms with Gasteiger partial charge in [-0.05, 0) is 56.7 Å². The normalized spacial score (nSPS) is 15.0. The summed E-state index contributed by atoms with van der Waals surface area (Å²) in [4.78, 5) is 13.1. The Hall–Kier alpha value is -3.10. The molecule has 0 atom stereocenters. The molecule has 2 N–H and O–H groups in total. The molecule has 33 heavy (non-hydrogen) atoms. The third-order valence-corrected chi connectivity index (χ3v) is 6.50. The summed E-state index contributed by atoms with van der Waals surface area (Å²) in [6, 6.07) is 5.45. The Labute approximate surface area is 192 Å². The standard InChI is InChI=1S/C16H15F2N7.C8H16/c1-8-14-10(5-6-25(14)23-16(19)20-8)11-3-4-12-15(22-11)24(7-13(17)18)9(2)21-12;1-3-5-8(2)6-4-7-8/h3-6,13H,7H2,1-2H3,(H2,19,23);3-7H2,1-2H3. The molecule has 0 radical (unpaired) electrons. The average molecular weight is 456 g/mol. The molecule has 0 amide bonds. The van der Waals surface area contributed by atoms with Gasteiger partial charge in [-0.1, -0.05) is 26.7 Å². The molecule has 4 heterocycles. The molecule has 1 saturated carbocycles. The topological polar surface area (TPSA) is 86.9 Å². The van der Waals surface area contributed by atoms with Crippen LogP contribution in [0, 0.1) is 19.3 Å². The van der Waals surface area contributed by atoms with Crippen LogP contribution in [0.15, 0.2) is 24.4 Å². The Balaban J connectivity index is 0.000000275. The number of aryl methyl sites for hydroxylation is 2. The maximum Gasteiger partial charge on any atom is 0.256 e. The molecule has 1 aliphatic rings. The quantitative estimate of drug-likeness (QED) is 0.424. The molecule has 1 aliphatic carbocycles. The van der Waals surface area contributed by atoms with Gasteiger partial charge in [0.05, 0.1) is 23.4 Å². The van der Waals surface area contributed by atoms with E-state index in [1.807, 2.05) is 19.1 Å². The molecule has 0 bridgehead atoms. The Morgan fingerprint density at radius 1 is 1.12 bits per heavy atom. The number of anilines is 1. The summed E-state index contributed by atoms with van der Waals surface area (Å²) in [5, 5.41) is 4.14. The second-order valence-electron chi connectivity index (χ2n) is 9.19. The number of nitrogen functional groups attached to an aromatic ring is 1. The van der Waals surface area contributed by atoms with Gasteiger partial charge in [0, 0.05) is 11.8 Å². The first-order valence-corrected chi connectivity index (χ1v) is 11.4. The zero-order valence-electron chi connectivity index (χ0n) is 19.6. The summed E-state index contributed by atoms with van der Waals surface area (Å²) in [6.45, 7) is 7.79. The smallest absolute Gasteiger partial charge is 0.256 e. The summed E-state index contributed by atoms with van der Waals surface area (Å²) in [6.07, 6.45) is 6.57. The number of nitrogens with zero attached hydrogens (tertiary/aromatic N) is 6. The van der Waals surface area contributed by atoms with Crippen LogP contribution in [-0.2, 0) is 6.54 Å². The lowest BCUT2D eigenvalue weighted by atomic mass is 9.68. The van der Waals surface area contributed by atoms with Crippen molar-refractivity contribution in [2.24, 2.45) is 5.41 Å². The van der Waals surface area contributed by atoms with Crippen LogP contribution in [0.1, 0.15) is 57.5 Å². The maximum atomic E-state index is 12.9. The van der Waals surface area contributed by atoms with Crippen LogP contribution in [0.2, 0.25) is 0 Å². The van der Waals surface area contributed by atoms with Crippen molar-refractivity contribution < 1.29 is 8.78 Å². The number of halogens is 2. The fraction of sp³-hybridized carbons (Fsp3) is 0.500. The number of hydrogen-bond donors (Lipinski definition) is 1. The van der Waals surface area contributed by atoms with Crippen molar-refractivity contribution in [1.82, 2.24) is 29.1 Å². The molecule has 4 aromatic heterocycles. The highest BCUT2D eigenvalue weighted by atomic mass is 19.3. The minimum atomic E-state index is -2.48. The minimum absolute atomic E-state index is 0.182. The first-order chi connectivity index (χ1) is 15.7. The predicted octanol–water partition coefficient (Wildman–Crippen LogP) is 5.58. The Morgan fingerprint density at radius 3 is 2.48 bits per heavy atom. The number of imidazole rings is 1. The van der Waals surface area contributed by atoms with Crippen LogP contribution < -0.4 is 5.73 Å². The minimum Gasteiger partial charge on any atom is -0.367 e. The van der Waals surface area contributed by atoms with Crippen LogP contribution in [0.3, 0.4) is 0 Å². The number of rotatable bonds is 5. The van der Waals surface area contributed by atoms with Gasteiger partial charge in [0.25, 0.3) is 6.43 Å². The van der Waals surface area contributed by atoms with Gasteiger partial charge in [0.1, 0.15) is 11.3 Å². The maximum absolute atomic E-state index is 12.9. The zero-order chi connectivity index (χ0) is 23.8. The monoisotopic (exact) mass is 455 g/mol. The summed E-state index contributed by atoms with van der Waals surface area (Å²) in [5.74, 6) is 0.690. The lowest BCUT2D eigenvalue weighted by Crippen LogP contribution is -2.24. The van der Waals surface area contributed by atoms with E-state index < -0.39 is 13.0 Å². The van der Waals surface area contributed by atoms with Gasteiger partial charge in [0.15, 0.2) is 5.65 Å². The van der Waals surface area contributed by atoms with Gasteiger partial charge in [-0.25, -0.2) is 28.2 Å². The van der Waals surface area contributed by atoms with Crippen molar-refractivity contribution in [2.45, 2.75) is 72.8 Å². The molecule has 4 aromatic rings. The van der Waals surface area contributed by atoms with E-state index in [1.54, 1.807) is 23.7 Å². The molecule has 5 rings (SSSR count). The zero-order valence-corrected chi connectivity index (χ0v) is 19.6. The van der Waals surface area contributed by atoms with E-state index in [-0.39, 0.29) is 5.95 Å². The van der Waals surface area contributed by atoms with Gasteiger partial charge < -0.3 is 10.3 Å². The number of aromatic nitrogens is 6. The van der Waals surface area contributed by atoms with Crippen LogP contribution in [-0.4, -0.2) is 35.6 Å². The number of pyridine rings is 1. The highest BCUT2D eigenvalue weighted by Gasteiger charge is 2.29. The van der Waals surface area contributed by atoms with Gasteiger partial charge in [0.2, 0.25) is 5.95 Å². The van der Waals surface area contributed by atoms with E-state index in [2.05, 4.69) is 33.9 Å². The number of nitrogens with two attached hydrogens (primary N) is 1. The summed E-state index contributed by atoms with van der Waals surface area (Å²) in [7, 11) is 0. The van der Waals surface area contributed by atoms with E-state index in [9.17, 15) is 8.78 Å². The SMILES string of the molecule is CCCC1(C)CCC1.Cc1nc(N)nn2ccc(-c3ccc4nc(C)n(CC(F)F)c4n3)c12. The summed E-state index contributed by atoms with van der Waals surface area (Å²) >= 11 is 0. The lowest BCUT2D eigenvalue weighted by molar-refractivity contribution is 0.127. The highest BCUT2D eigenvalue weighted by Crippen LogP contribution is 2.43. The van der Waals surface area contributed by atoms with Crippen LogP contribution in [0.25, 0.3) is 27.9 Å². The average Bonchev–Trinajstić information content (AvgIpc) is 3.28. The van der Waals surface area contributed by atoms with Crippen molar-refractivity contribution in [3.8, 4) is 11.3 Å². The van der Waals surface area contributed by atoms with Crippen molar-refractivity contribution in [3.05, 3.63) is 35.9 Å². The second kappa shape index (κ2) is 9.03. The molecule has 0 aromatic carbocycles. The second-order valence-corrected chi connectivity index (χ2v) is 9.19. The molecular formula is C24H31F2N7. The van der Waals surface area contributed by atoms with E-state index in [0.717, 1.165) is 16.5 Å². The molecule has 1 fully saturated rings. The van der Waals surface area contributed by atoms with E-state index in [1.165, 1.54) is 36.7 Å². The number of fused-ring (bicyclic) bond motifs is 2. The van der Waals surface area contributed by atoms with Gasteiger partial charge in [-0.3, -0.25) is 0 Å². The first-order valence-electron chi connectivity index (χ1n) is 11.4. The van der Waals surface area contributed by atoms with E-state index in [4.69, 9.17) is 5.73 Å². The predicted molar refractivity (Wildman–Crippen MR) is 126 cm³/mol. The lowest BCUT2D eigenvalue weighted by Gasteiger charge is -2.38. The van der Waals surface area contributed by atoms with Crippen molar-refractivity contribution >= 4 is 22.6 Å². The fourth-order valence-electron chi connectivity index (χ4n) is 4.69. The molecular weight excluding hydrogens is 424 g/mol. The van der Waals surface area contributed by atoms with E-state index >= 15 is 0 Å². The molecule has 0 aliphatic heterocycles. The summed E-state index contributed by atoms with van der Waals surface area (Å²) in [5.41, 5.74) is 10.4. The van der Waals surface area contributed by atoms with Crippen molar-refractivity contribution in [2.75, 3.05) is 5.73 Å². The van der Waals surface area contributed by atoms with Crippen LogP contribution >= 0.6 is 0 Å². The Morgan fingerprint density at radius 2 is 1.88 bits per heavy atom. The highest BCUT2D eigenvalue weighted by molar-refractivity contribution is 5.84. The molecule has 0 spiro atoms. The van der Waals surface area contributed by atoms with Crippen LogP contribution in [0.5, 0.6) is 0 Å². The van der Waals surface area contributed by atoms with Gasteiger partial charge in [-0.15, -0.1) is 5.10 Å². The van der Waals surface area contributed by atoms with Gasteiger partial charge >= 0.3 is 0 Å². The van der Waals surface area contributed by atoms with Crippen molar-refractivity contribution in [3.63, 3.8) is 0 Å². The molecule has 9 heteroatoms. The summed E-state index contributed by atoms with van der Waals surface area (Å²) < 4.78 is 28.8. The molecule has 176 valence electrons. The number of alkyl halides is 2. The van der Waals surface area contributed by atoms with E-state index in [0.29, 0.717) is 28.4 Å². The van der Waals surface area contributed by atoms with Crippen LogP contribution in [0.4, 0.5) is 14.7 Å².